The van der Waals surface area contributed by atoms with Gasteiger partial charge in [0.05, 0.1) is 0 Å². The van der Waals surface area contributed by atoms with Crippen molar-refractivity contribution in [1.29, 1.82) is 0 Å². The molecule has 0 heterocycles. The van der Waals surface area contributed by atoms with Crippen molar-refractivity contribution in [1.82, 2.24) is 13.7 Å². The molecular formula is C24H55N3Si2. The lowest BCUT2D eigenvalue weighted by Gasteiger charge is -2.53. The Balaban J connectivity index is 4.80. The smallest absolute Gasteiger partial charge is 0.289 e. The van der Waals surface area contributed by atoms with Crippen LogP contribution in [-0.2, 0) is 0 Å². The Kier molecular flexibility index (Phi) is 17.7. The van der Waals surface area contributed by atoms with Crippen LogP contribution < -0.4 is 0 Å². The summed E-state index contributed by atoms with van der Waals surface area (Å²) in [5, 5.41) is 1.69. The fourth-order valence-corrected chi connectivity index (χ4v) is 12.4. The van der Waals surface area contributed by atoms with E-state index in [1.807, 2.05) is 0 Å². The van der Waals surface area contributed by atoms with Crippen LogP contribution in [0.25, 0.3) is 0 Å². The molecule has 0 amide bonds. The summed E-state index contributed by atoms with van der Waals surface area (Å²) >= 11 is 0. The van der Waals surface area contributed by atoms with Crippen molar-refractivity contribution in [2.45, 2.75) is 106 Å². The molecule has 0 rings (SSSR count). The molecule has 0 fully saturated rings. The Morgan fingerprint density at radius 3 is 1.41 bits per heavy atom. The summed E-state index contributed by atoms with van der Waals surface area (Å²) < 4.78 is 8.59. The molecular weight excluding hydrogens is 386 g/mol. The topological polar surface area (TPSA) is 9.72 Å². The number of allylic oxidation sites excluding steroid dienone is 2. The molecule has 0 aromatic heterocycles. The molecule has 3 nitrogen and oxygen atoms in total. The normalized spacial score (nSPS) is 13.7. The first-order valence-electron chi connectivity index (χ1n) is 12.9. The summed E-state index contributed by atoms with van der Waals surface area (Å²) in [6, 6.07) is 2.92. The fraction of sp³-hybridized carbons (Fsp3) is 0.917. The van der Waals surface area contributed by atoms with Crippen molar-refractivity contribution >= 4 is 18.1 Å². The zero-order chi connectivity index (χ0) is 22.1. The predicted molar refractivity (Wildman–Crippen MR) is 140 cm³/mol. The molecule has 0 aromatic rings. The van der Waals surface area contributed by atoms with E-state index in [1.165, 1.54) is 89.9 Å². The van der Waals surface area contributed by atoms with E-state index in [1.54, 1.807) is 5.20 Å². The van der Waals surface area contributed by atoms with Gasteiger partial charge in [0.1, 0.15) is 0 Å². The minimum absolute atomic E-state index is 0.0792. The van der Waals surface area contributed by atoms with Crippen molar-refractivity contribution < 1.29 is 0 Å². The van der Waals surface area contributed by atoms with E-state index in [4.69, 9.17) is 0 Å². The Labute approximate surface area is 188 Å². The largest absolute Gasteiger partial charge is 0.300 e. The van der Waals surface area contributed by atoms with Gasteiger partial charge >= 0.3 is 0 Å². The van der Waals surface area contributed by atoms with E-state index in [0.717, 1.165) is 0 Å². The van der Waals surface area contributed by atoms with Gasteiger partial charge in [-0.25, -0.2) is 0 Å². The predicted octanol–water partition coefficient (Wildman–Crippen LogP) is 5.80. The van der Waals surface area contributed by atoms with Crippen molar-refractivity contribution in [3.8, 4) is 0 Å². The Bertz CT molecular complexity index is 372. The maximum Gasteiger partial charge on any atom is 0.289 e. The Hall–Kier alpha value is 0.0538. The highest BCUT2D eigenvalue weighted by Gasteiger charge is 2.47. The number of hydrogen-bond donors (Lipinski definition) is 0. The van der Waals surface area contributed by atoms with E-state index < -0.39 is 8.56 Å². The third kappa shape index (κ3) is 9.38. The summed E-state index contributed by atoms with van der Waals surface area (Å²) in [6.07, 6.45) is 10.9. The quantitative estimate of drug-likeness (QED) is 0.185. The number of nitrogens with zero attached hydrogens (tertiary/aromatic N) is 3. The van der Waals surface area contributed by atoms with Gasteiger partial charge in [-0.2, -0.15) is 0 Å². The van der Waals surface area contributed by atoms with E-state index in [2.05, 4.69) is 75.2 Å². The van der Waals surface area contributed by atoms with Gasteiger partial charge in [0.15, 0.2) is 0 Å². The molecule has 0 spiro atoms. The van der Waals surface area contributed by atoms with Crippen LogP contribution in [0.5, 0.6) is 0 Å². The third-order valence-corrected chi connectivity index (χ3v) is 14.9. The molecule has 0 saturated carbocycles. The highest BCUT2D eigenvalue weighted by atomic mass is 28.4. The molecule has 0 atom stereocenters. The van der Waals surface area contributed by atoms with Crippen LogP contribution in [0.1, 0.15) is 93.9 Å². The first-order valence-corrected chi connectivity index (χ1v) is 16.6. The van der Waals surface area contributed by atoms with Crippen LogP contribution in [0.2, 0.25) is 12.1 Å². The average Bonchev–Trinajstić information content (AvgIpc) is 2.74. The van der Waals surface area contributed by atoms with Crippen molar-refractivity contribution in [2.75, 3.05) is 39.3 Å². The Morgan fingerprint density at radius 1 is 0.655 bits per heavy atom. The summed E-state index contributed by atoms with van der Waals surface area (Å²) in [4.78, 5) is 0. The van der Waals surface area contributed by atoms with E-state index in [0.29, 0.717) is 0 Å². The van der Waals surface area contributed by atoms with E-state index >= 15 is 0 Å². The molecule has 0 unspecified atom stereocenters. The van der Waals surface area contributed by atoms with Crippen molar-refractivity contribution in [3.63, 3.8) is 0 Å². The minimum atomic E-state index is -1.78. The molecule has 174 valence electrons. The number of hydrogen-bond acceptors (Lipinski definition) is 3. The molecule has 0 aliphatic heterocycles. The van der Waals surface area contributed by atoms with Gasteiger partial charge in [0.25, 0.3) is 8.56 Å². The van der Waals surface area contributed by atoms with Crippen LogP contribution in [-0.4, -0.2) is 71.0 Å². The fourth-order valence-electron chi connectivity index (χ4n) is 5.06. The maximum absolute atomic E-state index is 2.86. The van der Waals surface area contributed by atoms with Crippen LogP contribution in [0.3, 0.4) is 0 Å². The van der Waals surface area contributed by atoms with Gasteiger partial charge in [0, 0.05) is 9.52 Å². The van der Waals surface area contributed by atoms with Crippen molar-refractivity contribution in [2.24, 2.45) is 0 Å². The van der Waals surface area contributed by atoms with Crippen molar-refractivity contribution in [3.05, 3.63) is 11.3 Å². The average molecular weight is 442 g/mol. The summed E-state index contributed by atoms with van der Waals surface area (Å²) in [7, 11) is -1.70. The summed E-state index contributed by atoms with van der Waals surface area (Å²) in [5.41, 5.74) is 0. The first kappa shape index (κ1) is 29.1. The molecule has 5 heteroatoms. The number of rotatable bonds is 19. The second kappa shape index (κ2) is 17.7. The maximum atomic E-state index is 2.86. The van der Waals surface area contributed by atoms with Gasteiger partial charge in [-0.1, -0.05) is 97.4 Å². The van der Waals surface area contributed by atoms with Gasteiger partial charge in [0.2, 0.25) is 0 Å². The molecule has 0 saturated heterocycles. The van der Waals surface area contributed by atoms with Gasteiger partial charge < -0.3 is 0 Å². The molecule has 0 N–H and O–H groups in total. The minimum Gasteiger partial charge on any atom is -0.300 e. The molecule has 0 aliphatic carbocycles. The monoisotopic (exact) mass is 441 g/mol. The molecule has 0 aliphatic rings. The van der Waals surface area contributed by atoms with Crippen LogP contribution in [0.15, 0.2) is 11.3 Å². The molecule has 0 bridgehead atoms. The lowest BCUT2D eigenvalue weighted by atomic mass is 10.1. The second-order valence-corrected chi connectivity index (χ2v) is 14.7. The van der Waals surface area contributed by atoms with Gasteiger partial charge in [-0.3, -0.25) is 13.7 Å². The third-order valence-electron chi connectivity index (χ3n) is 6.89. The van der Waals surface area contributed by atoms with Crippen LogP contribution in [0, 0.1) is 0 Å². The van der Waals surface area contributed by atoms with E-state index in [-0.39, 0.29) is 9.52 Å². The van der Waals surface area contributed by atoms with E-state index in [9.17, 15) is 0 Å². The highest BCUT2D eigenvalue weighted by molar-refractivity contribution is 6.71. The van der Waals surface area contributed by atoms with Gasteiger partial charge in [-0.15, -0.1) is 0 Å². The molecule has 29 heavy (non-hydrogen) atoms. The first-order chi connectivity index (χ1) is 14.0. The van der Waals surface area contributed by atoms with Gasteiger partial charge in [-0.05, 0) is 59.2 Å². The summed E-state index contributed by atoms with van der Waals surface area (Å²) in [5.74, 6) is 0. The second-order valence-electron chi connectivity index (χ2n) is 8.40. The Morgan fingerprint density at radius 2 is 1.03 bits per heavy atom. The standard InChI is InChI=1S/C24H55N3Si2/c1-9-24(8)28-22-20-18-16-17-19-21-23-29(25(10-2)11-3,26(12-4)13-5)27(14-6)15-7/h9H,10-23,28H2,1-8H3. The van der Waals surface area contributed by atoms with Crippen LogP contribution in [0.4, 0.5) is 0 Å². The zero-order valence-electron chi connectivity index (χ0n) is 21.5. The summed E-state index contributed by atoms with van der Waals surface area (Å²) in [6.45, 7) is 25.9. The lowest BCUT2D eigenvalue weighted by molar-refractivity contribution is 0.259. The lowest BCUT2D eigenvalue weighted by Crippen LogP contribution is -2.75. The SMILES string of the molecule is CC=C(C)[SiH2]CCCCCCCC[Si](N(CC)CC)(N(CC)CC)N(CC)CC. The number of unbranched alkanes of at least 4 members (excludes halogenated alkanes) is 5. The molecule has 0 radical (unpaired) electrons. The zero-order valence-corrected chi connectivity index (χ0v) is 23.9. The highest BCUT2D eigenvalue weighted by Crippen LogP contribution is 2.28. The molecule has 0 aromatic carbocycles. The van der Waals surface area contributed by atoms with Crippen LogP contribution >= 0.6 is 0 Å².